The summed E-state index contributed by atoms with van der Waals surface area (Å²) >= 11 is 0. The van der Waals surface area contributed by atoms with Crippen molar-refractivity contribution in [2.24, 2.45) is 7.05 Å². The first kappa shape index (κ1) is 14.0. The van der Waals surface area contributed by atoms with Gasteiger partial charge in [-0.1, -0.05) is 6.92 Å². The van der Waals surface area contributed by atoms with Crippen LogP contribution < -0.4 is 10.6 Å². The zero-order chi connectivity index (χ0) is 14.4. The molecular weight excluding hydrogens is 256 g/mol. The topological polar surface area (TPSA) is 84.7 Å². The lowest BCUT2D eigenvalue weighted by atomic mass is 10.2. The van der Waals surface area contributed by atoms with Crippen molar-refractivity contribution in [3.05, 3.63) is 36.2 Å². The van der Waals surface area contributed by atoms with E-state index in [1.54, 1.807) is 36.5 Å². The molecule has 0 aromatic carbocycles. The van der Waals surface area contributed by atoms with E-state index in [0.717, 1.165) is 18.7 Å². The molecule has 0 spiro atoms. The van der Waals surface area contributed by atoms with Crippen LogP contribution in [0.3, 0.4) is 0 Å². The normalized spacial score (nSPS) is 10.3. The van der Waals surface area contributed by atoms with Gasteiger partial charge >= 0.3 is 0 Å². The fourth-order valence-electron chi connectivity index (χ4n) is 1.71. The van der Waals surface area contributed by atoms with Crippen LogP contribution in [0.15, 0.2) is 24.8 Å². The zero-order valence-electron chi connectivity index (χ0n) is 11.6. The van der Waals surface area contributed by atoms with Gasteiger partial charge in [0.05, 0.1) is 17.8 Å². The van der Waals surface area contributed by atoms with Gasteiger partial charge < -0.3 is 10.6 Å². The van der Waals surface area contributed by atoms with Gasteiger partial charge in [0.25, 0.3) is 5.91 Å². The van der Waals surface area contributed by atoms with Crippen LogP contribution in [0.2, 0.25) is 0 Å². The van der Waals surface area contributed by atoms with Gasteiger partial charge in [-0.3, -0.25) is 14.5 Å². The van der Waals surface area contributed by atoms with E-state index in [2.05, 4.69) is 32.6 Å². The molecule has 0 saturated heterocycles. The van der Waals surface area contributed by atoms with Crippen LogP contribution in [0, 0.1) is 0 Å². The third kappa shape index (κ3) is 3.53. The lowest BCUT2D eigenvalue weighted by Gasteiger charge is -2.10. The lowest BCUT2D eigenvalue weighted by Crippen LogP contribution is -2.25. The van der Waals surface area contributed by atoms with E-state index in [0.29, 0.717) is 17.9 Å². The summed E-state index contributed by atoms with van der Waals surface area (Å²) in [7, 11) is 1.78. The number of rotatable bonds is 6. The molecule has 0 atom stereocenters. The molecule has 7 nitrogen and oxygen atoms in total. The van der Waals surface area contributed by atoms with Gasteiger partial charge in [-0.05, 0) is 12.5 Å². The average Bonchev–Trinajstić information content (AvgIpc) is 2.88. The highest BCUT2D eigenvalue weighted by Crippen LogP contribution is 2.13. The van der Waals surface area contributed by atoms with E-state index < -0.39 is 0 Å². The Morgan fingerprint density at radius 2 is 2.30 bits per heavy atom. The summed E-state index contributed by atoms with van der Waals surface area (Å²) in [6, 6.07) is 1.80. The number of nitrogens with one attached hydrogen (secondary N) is 2. The molecule has 2 rings (SSSR count). The van der Waals surface area contributed by atoms with Gasteiger partial charge in [-0.2, -0.15) is 5.10 Å². The van der Waals surface area contributed by atoms with Crippen molar-refractivity contribution in [3.63, 3.8) is 0 Å². The Bertz CT molecular complexity index is 580. The minimum absolute atomic E-state index is 0.191. The van der Waals surface area contributed by atoms with Crippen LogP contribution in [0.1, 0.15) is 29.5 Å². The molecule has 1 amide bonds. The molecule has 2 N–H and O–H groups in total. The van der Waals surface area contributed by atoms with Crippen LogP contribution in [0.4, 0.5) is 5.69 Å². The number of anilines is 1. The van der Waals surface area contributed by atoms with E-state index in [-0.39, 0.29) is 5.91 Å². The fourth-order valence-corrected chi connectivity index (χ4v) is 1.71. The quantitative estimate of drug-likeness (QED) is 0.819. The third-order valence-corrected chi connectivity index (χ3v) is 2.69. The Morgan fingerprint density at radius 3 is 3.00 bits per heavy atom. The van der Waals surface area contributed by atoms with Gasteiger partial charge in [0.2, 0.25) is 0 Å². The van der Waals surface area contributed by atoms with Crippen LogP contribution in [0.25, 0.3) is 0 Å². The maximum Gasteiger partial charge on any atom is 0.255 e. The molecule has 0 aliphatic heterocycles. The van der Waals surface area contributed by atoms with Crippen LogP contribution in [-0.2, 0) is 13.6 Å². The maximum absolute atomic E-state index is 12.2. The number of carbonyl (C=O) groups is 1. The number of pyridine rings is 1. The molecule has 0 radical (unpaired) electrons. The number of amides is 1. The highest BCUT2D eigenvalue weighted by atomic mass is 16.1. The van der Waals surface area contributed by atoms with Gasteiger partial charge in [-0.25, -0.2) is 4.98 Å². The Hall–Kier alpha value is -2.44. The largest absolute Gasteiger partial charge is 0.384 e. The second kappa shape index (κ2) is 6.65. The Kier molecular flexibility index (Phi) is 4.65. The van der Waals surface area contributed by atoms with Crippen molar-refractivity contribution in [3.8, 4) is 0 Å². The molecule has 0 saturated carbocycles. The Morgan fingerprint density at radius 1 is 1.45 bits per heavy atom. The average molecular weight is 274 g/mol. The van der Waals surface area contributed by atoms with Crippen LogP contribution >= 0.6 is 0 Å². The van der Waals surface area contributed by atoms with E-state index >= 15 is 0 Å². The molecule has 0 aliphatic rings. The molecule has 0 fully saturated rings. The third-order valence-electron chi connectivity index (χ3n) is 2.69. The fraction of sp³-hybridized carbons (Fsp3) is 0.385. The molecule has 2 aromatic rings. The second-order valence-electron chi connectivity index (χ2n) is 4.37. The number of aromatic nitrogens is 4. The first-order chi connectivity index (χ1) is 9.70. The van der Waals surface area contributed by atoms with Crippen LogP contribution in [0.5, 0.6) is 0 Å². The Labute approximate surface area is 117 Å². The van der Waals surface area contributed by atoms with Crippen molar-refractivity contribution in [1.82, 2.24) is 25.1 Å². The number of aryl methyl sites for hydroxylation is 1. The monoisotopic (exact) mass is 274 g/mol. The van der Waals surface area contributed by atoms with Gasteiger partial charge in [0.1, 0.15) is 6.33 Å². The minimum atomic E-state index is -0.191. The maximum atomic E-state index is 12.2. The summed E-state index contributed by atoms with van der Waals surface area (Å²) in [5, 5.41) is 10.1. The molecule has 2 aromatic heterocycles. The summed E-state index contributed by atoms with van der Waals surface area (Å²) in [5.74, 6) is 0.386. The Balaban J connectivity index is 2.01. The van der Waals surface area contributed by atoms with Crippen molar-refractivity contribution in [2.75, 3.05) is 11.9 Å². The van der Waals surface area contributed by atoms with E-state index in [1.165, 1.54) is 0 Å². The predicted molar refractivity (Wildman–Crippen MR) is 75.2 cm³/mol. The lowest BCUT2D eigenvalue weighted by molar-refractivity contribution is 0.0950. The van der Waals surface area contributed by atoms with Crippen molar-refractivity contribution in [1.29, 1.82) is 0 Å². The second-order valence-corrected chi connectivity index (χ2v) is 4.37. The molecule has 20 heavy (non-hydrogen) atoms. The standard InChI is InChI=1S/C13H18N6O/c1-3-5-15-11-4-6-14-7-10(11)13(20)16-8-12-17-9-19(2)18-12/h4,6-7,9H,3,5,8H2,1-2H3,(H,14,15)(H,16,20). The summed E-state index contributed by atoms with van der Waals surface area (Å²) in [6.45, 7) is 3.18. The first-order valence-electron chi connectivity index (χ1n) is 6.51. The van der Waals surface area contributed by atoms with Gasteiger partial charge in [0.15, 0.2) is 5.82 Å². The zero-order valence-corrected chi connectivity index (χ0v) is 11.6. The SMILES string of the molecule is CCCNc1ccncc1C(=O)NCc1ncn(C)n1. The number of hydrogen-bond donors (Lipinski definition) is 2. The molecule has 0 aliphatic carbocycles. The van der Waals surface area contributed by atoms with Crippen LogP contribution in [-0.4, -0.2) is 32.2 Å². The smallest absolute Gasteiger partial charge is 0.255 e. The van der Waals surface area contributed by atoms with E-state index in [9.17, 15) is 4.79 Å². The molecule has 0 bridgehead atoms. The minimum Gasteiger partial charge on any atom is -0.384 e. The first-order valence-corrected chi connectivity index (χ1v) is 6.51. The summed E-state index contributed by atoms with van der Waals surface area (Å²) in [5.41, 5.74) is 1.31. The molecule has 0 unspecified atom stereocenters. The molecule has 2 heterocycles. The van der Waals surface area contributed by atoms with Gasteiger partial charge in [0, 0.05) is 26.0 Å². The summed E-state index contributed by atoms with van der Waals surface area (Å²) in [6.07, 6.45) is 5.80. The highest BCUT2D eigenvalue weighted by Gasteiger charge is 2.11. The number of hydrogen-bond acceptors (Lipinski definition) is 5. The van der Waals surface area contributed by atoms with Gasteiger partial charge in [-0.15, -0.1) is 0 Å². The number of nitrogens with zero attached hydrogens (tertiary/aromatic N) is 4. The predicted octanol–water partition coefficient (Wildman–Crippen LogP) is 0.962. The van der Waals surface area contributed by atoms with Crippen molar-refractivity contribution in [2.45, 2.75) is 19.9 Å². The van der Waals surface area contributed by atoms with Crippen molar-refractivity contribution < 1.29 is 4.79 Å². The summed E-state index contributed by atoms with van der Waals surface area (Å²) < 4.78 is 1.60. The highest BCUT2D eigenvalue weighted by molar-refractivity contribution is 5.99. The molecular formula is C13H18N6O. The van der Waals surface area contributed by atoms with E-state index in [1.807, 2.05) is 0 Å². The van der Waals surface area contributed by atoms with E-state index in [4.69, 9.17) is 0 Å². The molecule has 7 heteroatoms. The van der Waals surface area contributed by atoms with Crippen molar-refractivity contribution >= 4 is 11.6 Å². The summed E-state index contributed by atoms with van der Waals surface area (Å²) in [4.78, 5) is 20.2. The molecule has 106 valence electrons. The number of carbonyl (C=O) groups excluding carboxylic acids is 1.